The van der Waals surface area contributed by atoms with E-state index in [2.05, 4.69) is 35.9 Å². The molecule has 0 fully saturated rings. The number of hydrogen-bond acceptors (Lipinski definition) is 2. The van der Waals surface area contributed by atoms with Crippen LogP contribution in [0.1, 0.15) is 36.6 Å². The molecule has 0 radical (unpaired) electrons. The number of aryl methyl sites for hydroxylation is 2. The van der Waals surface area contributed by atoms with Crippen molar-refractivity contribution in [2.75, 3.05) is 6.54 Å². The summed E-state index contributed by atoms with van der Waals surface area (Å²) in [5.41, 5.74) is 4.23. The standard InChI is InChI=1S/C18H24N2O/c1-4-5-10-19-12-16-13-20(15(3)11-18(16)21)17-9-7-6-8-14(17)2/h6-9,11,13,19H,4-5,10,12H2,1-3H3. The molecule has 0 unspecified atom stereocenters. The van der Waals surface area contributed by atoms with Gasteiger partial charge in [-0.3, -0.25) is 4.79 Å². The first kappa shape index (κ1) is 15.5. The van der Waals surface area contributed by atoms with Gasteiger partial charge in [0, 0.05) is 35.8 Å². The van der Waals surface area contributed by atoms with Gasteiger partial charge in [0.2, 0.25) is 0 Å². The number of para-hydroxylation sites is 1. The van der Waals surface area contributed by atoms with Crippen LogP contribution in [0.3, 0.4) is 0 Å². The minimum Gasteiger partial charge on any atom is -0.320 e. The van der Waals surface area contributed by atoms with E-state index < -0.39 is 0 Å². The van der Waals surface area contributed by atoms with Crippen LogP contribution < -0.4 is 10.7 Å². The van der Waals surface area contributed by atoms with Crippen molar-refractivity contribution in [1.82, 2.24) is 9.88 Å². The topological polar surface area (TPSA) is 34.0 Å². The van der Waals surface area contributed by atoms with E-state index in [0.717, 1.165) is 36.3 Å². The first-order valence-electron chi connectivity index (χ1n) is 7.62. The van der Waals surface area contributed by atoms with E-state index in [1.165, 1.54) is 5.56 Å². The molecule has 2 rings (SSSR count). The SMILES string of the molecule is CCCCNCc1cn(-c2ccccc2C)c(C)cc1=O. The Morgan fingerprint density at radius 1 is 1.19 bits per heavy atom. The van der Waals surface area contributed by atoms with E-state index in [0.29, 0.717) is 6.54 Å². The van der Waals surface area contributed by atoms with Gasteiger partial charge in [0.25, 0.3) is 0 Å². The second-order valence-electron chi connectivity index (χ2n) is 5.49. The number of hydrogen-bond donors (Lipinski definition) is 1. The largest absolute Gasteiger partial charge is 0.320 e. The smallest absolute Gasteiger partial charge is 0.186 e. The van der Waals surface area contributed by atoms with E-state index in [4.69, 9.17) is 0 Å². The number of nitrogens with one attached hydrogen (secondary N) is 1. The van der Waals surface area contributed by atoms with Gasteiger partial charge < -0.3 is 9.88 Å². The van der Waals surface area contributed by atoms with Crippen LogP contribution in [0.25, 0.3) is 5.69 Å². The molecule has 1 heterocycles. The molecule has 2 aromatic rings. The lowest BCUT2D eigenvalue weighted by molar-refractivity contribution is 0.637. The molecule has 0 aliphatic heterocycles. The summed E-state index contributed by atoms with van der Waals surface area (Å²) in [5, 5.41) is 3.34. The molecular formula is C18H24N2O. The van der Waals surface area contributed by atoms with Crippen LogP contribution >= 0.6 is 0 Å². The van der Waals surface area contributed by atoms with Gasteiger partial charge in [-0.1, -0.05) is 31.5 Å². The molecule has 1 N–H and O–H groups in total. The first-order valence-corrected chi connectivity index (χ1v) is 7.62. The van der Waals surface area contributed by atoms with Crippen molar-refractivity contribution >= 4 is 0 Å². The maximum absolute atomic E-state index is 12.1. The minimum atomic E-state index is 0.112. The highest BCUT2D eigenvalue weighted by Gasteiger charge is 2.07. The predicted molar refractivity (Wildman–Crippen MR) is 88.1 cm³/mol. The summed E-state index contributed by atoms with van der Waals surface area (Å²) < 4.78 is 2.10. The van der Waals surface area contributed by atoms with E-state index in [-0.39, 0.29) is 5.43 Å². The van der Waals surface area contributed by atoms with Crippen molar-refractivity contribution in [2.45, 2.75) is 40.2 Å². The molecule has 0 saturated heterocycles. The highest BCUT2D eigenvalue weighted by molar-refractivity contribution is 5.42. The molecule has 3 nitrogen and oxygen atoms in total. The maximum Gasteiger partial charge on any atom is 0.186 e. The van der Waals surface area contributed by atoms with E-state index in [1.807, 2.05) is 25.3 Å². The van der Waals surface area contributed by atoms with Crippen LogP contribution in [0, 0.1) is 13.8 Å². The number of nitrogens with zero attached hydrogens (tertiary/aromatic N) is 1. The van der Waals surface area contributed by atoms with E-state index in [1.54, 1.807) is 6.07 Å². The molecule has 1 aromatic heterocycles. The fourth-order valence-corrected chi connectivity index (χ4v) is 2.42. The number of pyridine rings is 1. The average molecular weight is 284 g/mol. The predicted octanol–water partition coefficient (Wildman–Crippen LogP) is 3.34. The molecule has 21 heavy (non-hydrogen) atoms. The lowest BCUT2D eigenvalue weighted by Crippen LogP contribution is -2.22. The fraction of sp³-hybridized carbons (Fsp3) is 0.389. The highest BCUT2D eigenvalue weighted by atomic mass is 16.1. The molecule has 0 bridgehead atoms. The Bertz CT molecular complexity index is 659. The van der Waals surface area contributed by atoms with Gasteiger partial charge in [-0.2, -0.15) is 0 Å². The molecule has 0 atom stereocenters. The third-order valence-electron chi connectivity index (χ3n) is 3.72. The maximum atomic E-state index is 12.1. The van der Waals surface area contributed by atoms with Crippen LogP contribution in [0.5, 0.6) is 0 Å². The van der Waals surface area contributed by atoms with Crippen molar-refractivity contribution in [3.63, 3.8) is 0 Å². The lowest BCUT2D eigenvalue weighted by atomic mass is 10.1. The second-order valence-corrected chi connectivity index (χ2v) is 5.49. The molecule has 0 aliphatic carbocycles. The molecule has 1 aromatic carbocycles. The molecule has 112 valence electrons. The third kappa shape index (κ3) is 3.82. The Morgan fingerprint density at radius 3 is 2.67 bits per heavy atom. The zero-order chi connectivity index (χ0) is 15.2. The normalized spacial score (nSPS) is 10.8. The minimum absolute atomic E-state index is 0.112. The van der Waals surface area contributed by atoms with Gasteiger partial charge in [0.05, 0.1) is 0 Å². The monoisotopic (exact) mass is 284 g/mol. The van der Waals surface area contributed by atoms with Crippen LogP contribution in [0.15, 0.2) is 41.3 Å². The average Bonchev–Trinajstić information content (AvgIpc) is 2.46. The highest BCUT2D eigenvalue weighted by Crippen LogP contribution is 2.15. The zero-order valence-corrected chi connectivity index (χ0v) is 13.1. The van der Waals surface area contributed by atoms with Crippen LogP contribution in [-0.4, -0.2) is 11.1 Å². The van der Waals surface area contributed by atoms with Crippen LogP contribution in [0.4, 0.5) is 0 Å². The van der Waals surface area contributed by atoms with Gasteiger partial charge in [-0.15, -0.1) is 0 Å². The van der Waals surface area contributed by atoms with E-state index in [9.17, 15) is 4.79 Å². The first-order chi connectivity index (χ1) is 10.1. The number of rotatable bonds is 6. The van der Waals surface area contributed by atoms with Gasteiger partial charge in [-0.05, 0) is 38.4 Å². The Hall–Kier alpha value is -1.87. The summed E-state index contributed by atoms with van der Waals surface area (Å²) in [4.78, 5) is 12.1. The summed E-state index contributed by atoms with van der Waals surface area (Å²) >= 11 is 0. The van der Waals surface area contributed by atoms with Gasteiger partial charge in [-0.25, -0.2) is 0 Å². The summed E-state index contributed by atoms with van der Waals surface area (Å²) in [6.45, 7) is 7.81. The van der Waals surface area contributed by atoms with Crippen molar-refractivity contribution in [1.29, 1.82) is 0 Å². The quantitative estimate of drug-likeness (QED) is 0.825. The Kier molecular flexibility index (Phi) is 5.34. The molecule has 0 aliphatic rings. The van der Waals surface area contributed by atoms with Gasteiger partial charge in [0.1, 0.15) is 0 Å². The van der Waals surface area contributed by atoms with Crippen LogP contribution in [-0.2, 0) is 6.54 Å². The second kappa shape index (κ2) is 7.23. The Balaban J connectivity index is 2.31. The lowest BCUT2D eigenvalue weighted by Gasteiger charge is -2.15. The van der Waals surface area contributed by atoms with Crippen molar-refractivity contribution in [2.24, 2.45) is 0 Å². The summed E-state index contributed by atoms with van der Waals surface area (Å²) in [6, 6.07) is 9.96. The van der Waals surface area contributed by atoms with E-state index >= 15 is 0 Å². The summed E-state index contributed by atoms with van der Waals surface area (Å²) in [6.07, 6.45) is 4.27. The number of aromatic nitrogens is 1. The molecule has 0 saturated carbocycles. The third-order valence-corrected chi connectivity index (χ3v) is 3.72. The zero-order valence-electron chi connectivity index (χ0n) is 13.1. The Morgan fingerprint density at radius 2 is 1.95 bits per heavy atom. The molecule has 3 heteroatoms. The van der Waals surface area contributed by atoms with Gasteiger partial charge >= 0.3 is 0 Å². The molecule has 0 spiro atoms. The number of benzene rings is 1. The van der Waals surface area contributed by atoms with Gasteiger partial charge in [0.15, 0.2) is 5.43 Å². The fourth-order valence-electron chi connectivity index (χ4n) is 2.42. The van der Waals surface area contributed by atoms with Crippen molar-refractivity contribution in [3.05, 3.63) is 63.6 Å². The summed E-state index contributed by atoms with van der Waals surface area (Å²) in [7, 11) is 0. The number of unbranched alkanes of at least 4 members (excludes halogenated alkanes) is 1. The van der Waals surface area contributed by atoms with Crippen molar-refractivity contribution in [3.8, 4) is 5.69 Å². The van der Waals surface area contributed by atoms with Crippen LogP contribution in [0.2, 0.25) is 0 Å². The Labute approximate surface area is 126 Å². The summed E-state index contributed by atoms with van der Waals surface area (Å²) in [5.74, 6) is 0. The van der Waals surface area contributed by atoms with Crippen molar-refractivity contribution < 1.29 is 0 Å². The molecule has 0 amide bonds. The molecular weight excluding hydrogens is 260 g/mol.